The Kier molecular flexibility index (Phi) is 4.29. The molecule has 1 N–H and O–H groups in total. The van der Waals surface area contributed by atoms with Gasteiger partial charge >= 0.3 is 0 Å². The van der Waals surface area contributed by atoms with Crippen LogP contribution in [0.1, 0.15) is 0 Å². The Morgan fingerprint density at radius 2 is 2.41 bits per heavy atom. The number of halogens is 1. The molecular weight excluding hydrogens is 280 g/mol. The molecule has 2 rings (SSSR count). The Bertz CT molecular complexity index is 505. The summed E-state index contributed by atoms with van der Waals surface area (Å²) in [6.07, 6.45) is 3.44. The van der Waals surface area contributed by atoms with E-state index in [4.69, 9.17) is 11.6 Å². The van der Waals surface area contributed by atoms with Crippen molar-refractivity contribution in [3.8, 4) is 0 Å². The van der Waals surface area contributed by atoms with Crippen LogP contribution in [0.4, 0.5) is 5.13 Å². The van der Waals surface area contributed by atoms with Crippen LogP contribution in [0.2, 0.25) is 0 Å². The van der Waals surface area contributed by atoms with Gasteiger partial charge in [0.1, 0.15) is 5.88 Å². The number of carbonyl (C=O) groups excluding carboxylic acids is 1. The summed E-state index contributed by atoms with van der Waals surface area (Å²) < 4.78 is 0.739. The summed E-state index contributed by atoms with van der Waals surface area (Å²) in [5, 5.41) is 10.8. The molecule has 2 aromatic rings. The third-order valence-corrected chi connectivity index (χ3v) is 3.72. The predicted molar refractivity (Wildman–Crippen MR) is 67.6 cm³/mol. The van der Waals surface area contributed by atoms with Crippen molar-refractivity contribution in [2.75, 3.05) is 11.2 Å². The minimum absolute atomic E-state index is 0.0926. The van der Waals surface area contributed by atoms with Gasteiger partial charge in [-0.05, 0) is 12.1 Å². The SMILES string of the molecule is O=C(CCl)Nc1nnc(Sc2cccnc2)s1. The number of carbonyl (C=O) groups is 1. The summed E-state index contributed by atoms with van der Waals surface area (Å²) in [6.45, 7) is 0. The standard InChI is InChI=1S/C9H7ClN4OS2/c10-4-7(15)12-8-13-14-9(17-8)16-6-2-1-3-11-5-6/h1-3,5H,4H2,(H,12,13,15). The number of anilines is 1. The Hall–Kier alpha value is -1.18. The predicted octanol–water partition coefficient (Wildman–Crippen LogP) is 2.26. The first-order chi connectivity index (χ1) is 8.28. The number of hydrogen-bond donors (Lipinski definition) is 1. The summed E-state index contributed by atoms with van der Waals surface area (Å²) >= 11 is 8.10. The summed E-state index contributed by atoms with van der Waals surface area (Å²) in [5.74, 6) is -0.384. The Labute approximate surface area is 111 Å². The van der Waals surface area contributed by atoms with Gasteiger partial charge in [0.2, 0.25) is 11.0 Å². The number of rotatable bonds is 4. The second-order valence-electron chi connectivity index (χ2n) is 2.85. The molecule has 2 heterocycles. The molecule has 2 aromatic heterocycles. The van der Waals surface area contributed by atoms with E-state index in [0.717, 1.165) is 9.24 Å². The van der Waals surface area contributed by atoms with Crippen LogP contribution in [0.15, 0.2) is 33.8 Å². The van der Waals surface area contributed by atoms with Gasteiger partial charge in [-0.3, -0.25) is 15.1 Å². The maximum atomic E-state index is 11.0. The quantitative estimate of drug-likeness (QED) is 0.690. The molecule has 0 fully saturated rings. The lowest BCUT2D eigenvalue weighted by molar-refractivity contribution is -0.113. The number of alkyl halides is 1. The van der Waals surface area contributed by atoms with Gasteiger partial charge in [0.05, 0.1) is 0 Å². The van der Waals surface area contributed by atoms with Crippen LogP contribution in [-0.4, -0.2) is 27.0 Å². The van der Waals surface area contributed by atoms with E-state index in [2.05, 4.69) is 20.5 Å². The summed E-state index contributed by atoms with van der Waals surface area (Å²) in [6, 6.07) is 3.77. The molecule has 0 aliphatic heterocycles. The molecule has 0 bridgehead atoms. The van der Waals surface area contributed by atoms with E-state index in [-0.39, 0.29) is 11.8 Å². The molecule has 5 nitrogen and oxygen atoms in total. The highest BCUT2D eigenvalue weighted by Crippen LogP contribution is 2.31. The molecule has 0 unspecified atom stereocenters. The molecule has 17 heavy (non-hydrogen) atoms. The monoisotopic (exact) mass is 286 g/mol. The number of nitrogens with zero attached hydrogens (tertiary/aromatic N) is 3. The average molecular weight is 287 g/mol. The number of pyridine rings is 1. The number of amides is 1. The first-order valence-corrected chi connectivity index (χ1v) is 6.72. The van der Waals surface area contributed by atoms with Gasteiger partial charge in [-0.15, -0.1) is 21.8 Å². The van der Waals surface area contributed by atoms with Crippen molar-refractivity contribution in [3.63, 3.8) is 0 Å². The number of aromatic nitrogens is 3. The molecule has 0 saturated carbocycles. The fraction of sp³-hybridized carbons (Fsp3) is 0.111. The highest BCUT2D eigenvalue weighted by Gasteiger charge is 2.08. The molecule has 0 aliphatic rings. The van der Waals surface area contributed by atoms with E-state index in [0.29, 0.717) is 5.13 Å². The maximum Gasteiger partial charge on any atom is 0.241 e. The van der Waals surface area contributed by atoms with Crippen molar-refractivity contribution in [1.29, 1.82) is 0 Å². The topological polar surface area (TPSA) is 67.8 Å². The third kappa shape index (κ3) is 3.65. The van der Waals surface area contributed by atoms with Crippen molar-refractivity contribution >= 4 is 45.7 Å². The highest BCUT2D eigenvalue weighted by molar-refractivity contribution is 8.01. The molecule has 8 heteroatoms. The van der Waals surface area contributed by atoms with Crippen LogP contribution in [0, 0.1) is 0 Å². The zero-order chi connectivity index (χ0) is 12.1. The second kappa shape index (κ2) is 5.95. The number of nitrogens with one attached hydrogen (secondary N) is 1. The van der Waals surface area contributed by atoms with Crippen molar-refractivity contribution in [2.24, 2.45) is 0 Å². The van der Waals surface area contributed by atoms with Crippen LogP contribution in [0.3, 0.4) is 0 Å². The van der Waals surface area contributed by atoms with Gasteiger partial charge in [0.25, 0.3) is 0 Å². The molecule has 0 spiro atoms. The van der Waals surface area contributed by atoms with Crippen LogP contribution < -0.4 is 5.32 Å². The molecule has 0 aromatic carbocycles. The van der Waals surface area contributed by atoms with E-state index < -0.39 is 0 Å². The first kappa shape index (κ1) is 12.3. The van der Waals surface area contributed by atoms with Gasteiger partial charge in [0.15, 0.2) is 4.34 Å². The minimum atomic E-state index is -0.291. The van der Waals surface area contributed by atoms with Crippen molar-refractivity contribution in [1.82, 2.24) is 15.2 Å². The van der Waals surface area contributed by atoms with Crippen LogP contribution >= 0.6 is 34.7 Å². The molecular formula is C9H7ClN4OS2. The van der Waals surface area contributed by atoms with Crippen molar-refractivity contribution in [2.45, 2.75) is 9.24 Å². The fourth-order valence-electron chi connectivity index (χ4n) is 0.962. The van der Waals surface area contributed by atoms with E-state index in [1.807, 2.05) is 12.1 Å². The lowest BCUT2D eigenvalue weighted by atomic mass is 10.5. The first-order valence-electron chi connectivity index (χ1n) is 4.55. The summed E-state index contributed by atoms with van der Waals surface area (Å²) in [5.41, 5.74) is 0. The maximum absolute atomic E-state index is 11.0. The zero-order valence-corrected chi connectivity index (χ0v) is 10.8. The van der Waals surface area contributed by atoms with Crippen LogP contribution in [0.5, 0.6) is 0 Å². The van der Waals surface area contributed by atoms with E-state index >= 15 is 0 Å². The van der Waals surface area contributed by atoms with Crippen LogP contribution in [0.25, 0.3) is 0 Å². The van der Waals surface area contributed by atoms with Gasteiger partial charge in [-0.1, -0.05) is 23.1 Å². The molecule has 0 atom stereocenters. The van der Waals surface area contributed by atoms with Gasteiger partial charge in [-0.2, -0.15) is 0 Å². The average Bonchev–Trinajstić information content (AvgIpc) is 2.77. The van der Waals surface area contributed by atoms with Gasteiger partial charge in [-0.25, -0.2) is 0 Å². The summed E-state index contributed by atoms with van der Waals surface area (Å²) in [7, 11) is 0. The third-order valence-electron chi connectivity index (χ3n) is 1.61. The second-order valence-corrected chi connectivity index (χ2v) is 5.41. The van der Waals surface area contributed by atoms with Crippen LogP contribution in [-0.2, 0) is 4.79 Å². The van der Waals surface area contributed by atoms with E-state index in [9.17, 15) is 4.79 Å². The highest BCUT2D eigenvalue weighted by atomic mass is 35.5. The van der Waals surface area contributed by atoms with Crippen molar-refractivity contribution < 1.29 is 4.79 Å². The Balaban J connectivity index is 2.01. The normalized spacial score (nSPS) is 10.2. The molecule has 1 amide bonds. The molecule has 0 saturated heterocycles. The smallest absolute Gasteiger partial charge is 0.241 e. The molecule has 0 aliphatic carbocycles. The Morgan fingerprint density at radius 1 is 1.53 bits per heavy atom. The zero-order valence-electron chi connectivity index (χ0n) is 8.46. The fourth-order valence-corrected chi connectivity index (χ4v) is 2.76. The lowest BCUT2D eigenvalue weighted by Crippen LogP contribution is -2.12. The molecule has 88 valence electrons. The van der Waals surface area contributed by atoms with Gasteiger partial charge in [0, 0.05) is 17.3 Å². The number of hydrogen-bond acceptors (Lipinski definition) is 6. The summed E-state index contributed by atoms with van der Waals surface area (Å²) in [4.78, 5) is 16.0. The Morgan fingerprint density at radius 3 is 3.12 bits per heavy atom. The lowest BCUT2D eigenvalue weighted by Gasteiger charge is -1.94. The van der Waals surface area contributed by atoms with E-state index in [1.165, 1.54) is 23.1 Å². The largest absolute Gasteiger partial charge is 0.299 e. The minimum Gasteiger partial charge on any atom is -0.299 e. The van der Waals surface area contributed by atoms with Gasteiger partial charge < -0.3 is 0 Å². The van der Waals surface area contributed by atoms with E-state index in [1.54, 1.807) is 12.4 Å². The van der Waals surface area contributed by atoms with Crippen molar-refractivity contribution in [3.05, 3.63) is 24.5 Å². The molecule has 0 radical (unpaired) electrons.